The maximum Gasteiger partial charge on any atom is 0.0729 e. The highest BCUT2D eigenvalue weighted by atomic mass is 16.5. The molecule has 1 aliphatic heterocycles. The fraction of sp³-hybridized carbons (Fsp3) is 1.00. The van der Waals surface area contributed by atoms with Crippen LogP contribution in [0.5, 0.6) is 0 Å². The minimum absolute atomic E-state index is 0.437. The quantitative estimate of drug-likeness (QED) is 0.694. The van der Waals surface area contributed by atoms with Gasteiger partial charge in [-0.25, -0.2) is 0 Å². The maximum absolute atomic E-state index is 5.64. The predicted molar refractivity (Wildman–Crippen MR) is 60.0 cm³/mol. The van der Waals surface area contributed by atoms with Crippen LogP contribution < -0.4 is 0 Å². The molecule has 3 unspecified atom stereocenters. The smallest absolute Gasteiger partial charge is 0.0729 e. The summed E-state index contributed by atoms with van der Waals surface area (Å²) in [7, 11) is 1.86. The van der Waals surface area contributed by atoms with Crippen LogP contribution in [-0.4, -0.2) is 50.5 Å². The van der Waals surface area contributed by atoms with E-state index in [0.717, 1.165) is 32.2 Å². The average Bonchev–Trinajstić information content (AvgIpc) is 2.30. The van der Waals surface area contributed by atoms with Crippen molar-refractivity contribution in [1.29, 1.82) is 0 Å². The lowest BCUT2D eigenvalue weighted by atomic mass is 9.84. The summed E-state index contributed by atoms with van der Waals surface area (Å²) in [5.41, 5.74) is 0. The van der Waals surface area contributed by atoms with Crippen LogP contribution in [0.1, 0.15) is 26.2 Å². The van der Waals surface area contributed by atoms with E-state index in [2.05, 4.69) is 11.8 Å². The summed E-state index contributed by atoms with van der Waals surface area (Å²) in [6, 6.07) is 0.634. The molecular formula is C12H23NO2. The molecule has 1 saturated heterocycles. The Morgan fingerprint density at radius 3 is 2.60 bits per heavy atom. The molecule has 3 atom stereocenters. The van der Waals surface area contributed by atoms with Gasteiger partial charge in [-0.3, -0.25) is 4.90 Å². The number of hydrogen-bond donors (Lipinski definition) is 0. The van der Waals surface area contributed by atoms with Crippen molar-refractivity contribution in [2.24, 2.45) is 5.92 Å². The Bertz CT molecular complexity index is 190. The molecule has 1 saturated carbocycles. The SMILES string of the molecule is COC1CC(C)CCC1N1CCOCC1. The van der Waals surface area contributed by atoms with Crippen LogP contribution in [0.15, 0.2) is 0 Å². The Labute approximate surface area is 92.7 Å². The molecule has 0 amide bonds. The maximum atomic E-state index is 5.64. The standard InChI is InChI=1S/C12H23NO2/c1-10-3-4-11(12(9-10)14-2)13-5-7-15-8-6-13/h10-12H,3-9H2,1-2H3. The van der Waals surface area contributed by atoms with Crippen molar-refractivity contribution in [3.8, 4) is 0 Å². The third-order valence-corrected chi connectivity index (χ3v) is 3.84. The second-order valence-corrected chi connectivity index (χ2v) is 4.91. The molecule has 0 aromatic rings. The Hall–Kier alpha value is -0.120. The molecule has 0 N–H and O–H groups in total. The van der Waals surface area contributed by atoms with Crippen LogP contribution in [0, 0.1) is 5.92 Å². The van der Waals surface area contributed by atoms with Crippen molar-refractivity contribution in [2.75, 3.05) is 33.4 Å². The summed E-state index contributed by atoms with van der Waals surface area (Å²) >= 11 is 0. The van der Waals surface area contributed by atoms with Crippen molar-refractivity contribution in [1.82, 2.24) is 4.90 Å². The predicted octanol–water partition coefficient (Wildman–Crippen LogP) is 1.52. The fourth-order valence-electron chi connectivity index (χ4n) is 2.89. The molecule has 3 nitrogen and oxygen atoms in total. The molecule has 2 rings (SSSR count). The van der Waals surface area contributed by atoms with Crippen LogP contribution in [0.3, 0.4) is 0 Å². The van der Waals surface area contributed by atoms with E-state index in [1.165, 1.54) is 19.3 Å². The summed E-state index contributed by atoms with van der Waals surface area (Å²) < 4.78 is 11.0. The van der Waals surface area contributed by atoms with Gasteiger partial charge in [-0.2, -0.15) is 0 Å². The van der Waals surface area contributed by atoms with E-state index in [-0.39, 0.29) is 0 Å². The van der Waals surface area contributed by atoms with Crippen LogP contribution in [0.4, 0.5) is 0 Å². The third kappa shape index (κ3) is 2.71. The van der Waals surface area contributed by atoms with Crippen LogP contribution in [0.2, 0.25) is 0 Å². The molecule has 1 heterocycles. The molecule has 0 radical (unpaired) electrons. The van der Waals surface area contributed by atoms with Crippen LogP contribution in [0.25, 0.3) is 0 Å². The van der Waals surface area contributed by atoms with Gasteiger partial charge in [0.25, 0.3) is 0 Å². The number of rotatable bonds is 2. The van der Waals surface area contributed by atoms with Gasteiger partial charge in [-0.15, -0.1) is 0 Å². The molecule has 2 fully saturated rings. The zero-order valence-corrected chi connectivity index (χ0v) is 9.95. The fourth-order valence-corrected chi connectivity index (χ4v) is 2.89. The summed E-state index contributed by atoms with van der Waals surface area (Å²) in [5, 5.41) is 0. The number of ether oxygens (including phenoxy) is 2. The highest BCUT2D eigenvalue weighted by Crippen LogP contribution is 2.29. The first kappa shape index (κ1) is 11.4. The van der Waals surface area contributed by atoms with E-state index < -0.39 is 0 Å². The van der Waals surface area contributed by atoms with Crippen molar-refractivity contribution in [2.45, 2.75) is 38.3 Å². The molecule has 0 bridgehead atoms. The average molecular weight is 213 g/mol. The van der Waals surface area contributed by atoms with Crippen molar-refractivity contribution < 1.29 is 9.47 Å². The molecule has 0 spiro atoms. The highest BCUT2D eigenvalue weighted by molar-refractivity contribution is 4.87. The number of hydrogen-bond acceptors (Lipinski definition) is 3. The molecular weight excluding hydrogens is 190 g/mol. The van der Waals surface area contributed by atoms with E-state index in [4.69, 9.17) is 9.47 Å². The molecule has 0 aromatic carbocycles. The summed E-state index contributed by atoms with van der Waals surface area (Å²) in [4.78, 5) is 2.56. The van der Waals surface area contributed by atoms with Gasteiger partial charge in [0.1, 0.15) is 0 Å². The summed E-state index contributed by atoms with van der Waals surface area (Å²) in [6.45, 7) is 6.28. The van der Waals surface area contributed by atoms with Gasteiger partial charge in [0.15, 0.2) is 0 Å². The van der Waals surface area contributed by atoms with Gasteiger partial charge in [-0.1, -0.05) is 6.92 Å². The highest BCUT2D eigenvalue weighted by Gasteiger charge is 2.33. The zero-order valence-electron chi connectivity index (χ0n) is 9.95. The zero-order chi connectivity index (χ0) is 10.7. The van der Waals surface area contributed by atoms with E-state index in [1.807, 2.05) is 7.11 Å². The van der Waals surface area contributed by atoms with Crippen LogP contribution in [-0.2, 0) is 9.47 Å². The number of nitrogens with zero attached hydrogens (tertiary/aromatic N) is 1. The Kier molecular flexibility index (Phi) is 4.00. The van der Waals surface area contributed by atoms with Gasteiger partial charge < -0.3 is 9.47 Å². The first-order valence-corrected chi connectivity index (χ1v) is 6.16. The van der Waals surface area contributed by atoms with Crippen molar-refractivity contribution >= 4 is 0 Å². The van der Waals surface area contributed by atoms with E-state index in [1.54, 1.807) is 0 Å². The van der Waals surface area contributed by atoms with Gasteiger partial charge in [0.2, 0.25) is 0 Å². The van der Waals surface area contributed by atoms with E-state index in [0.29, 0.717) is 12.1 Å². The lowest BCUT2D eigenvalue weighted by molar-refractivity contribution is -0.0585. The van der Waals surface area contributed by atoms with Gasteiger partial charge in [-0.05, 0) is 25.2 Å². The Morgan fingerprint density at radius 2 is 1.93 bits per heavy atom. The van der Waals surface area contributed by atoms with Crippen LogP contribution >= 0.6 is 0 Å². The second-order valence-electron chi connectivity index (χ2n) is 4.91. The minimum Gasteiger partial charge on any atom is -0.380 e. The molecule has 15 heavy (non-hydrogen) atoms. The lowest BCUT2D eigenvalue weighted by Crippen LogP contribution is -2.51. The molecule has 1 aliphatic carbocycles. The van der Waals surface area contributed by atoms with Gasteiger partial charge in [0, 0.05) is 26.2 Å². The normalized spacial score (nSPS) is 39.2. The van der Waals surface area contributed by atoms with Crippen molar-refractivity contribution in [3.05, 3.63) is 0 Å². The molecule has 3 heteroatoms. The summed E-state index contributed by atoms with van der Waals surface area (Å²) in [6.07, 6.45) is 4.30. The molecule has 88 valence electrons. The topological polar surface area (TPSA) is 21.7 Å². The number of methoxy groups -OCH3 is 1. The number of morpholine rings is 1. The first-order chi connectivity index (χ1) is 7.31. The molecule has 2 aliphatic rings. The monoisotopic (exact) mass is 213 g/mol. The largest absolute Gasteiger partial charge is 0.380 e. The Balaban J connectivity index is 1.93. The van der Waals surface area contributed by atoms with Gasteiger partial charge in [0.05, 0.1) is 19.3 Å². The molecule has 0 aromatic heterocycles. The minimum atomic E-state index is 0.437. The third-order valence-electron chi connectivity index (χ3n) is 3.84. The second kappa shape index (κ2) is 5.28. The van der Waals surface area contributed by atoms with Crippen molar-refractivity contribution in [3.63, 3.8) is 0 Å². The Morgan fingerprint density at radius 1 is 1.20 bits per heavy atom. The van der Waals surface area contributed by atoms with E-state index >= 15 is 0 Å². The van der Waals surface area contributed by atoms with Gasteiger partial charge >= 0.3 is 0 Å². The lowest BCUT2D eigenvalue weighted by Gasteiger charge is -2.42. The first-order valence-electron chi connectivity index (χ1n) is 6.16. The van der Waals surface area contributed by atoms with E-state index in [9.17, 15) is 0 Å². The summed E-state index contributed by atoms with van der Waals surface area (Å²) in [5.74, 6) is 0.826.